The fourth-order valence-electron chi connectivity index (χ4n) is 1.22. The summed E-state index contributed by atoms with van der Waals surface area (Å²) in [4.78, 5) is 23.4. The SMILES string of the molecule is O=C1CC(=O)N(c2cc(Cl)[nH]n2)C1. The Labute approximate surface area is 78.7 Å². The number of aromatic amines is 1. The molecule has 1 aliphatic heterocycles. The first-order valence-corrected chi connectivity index (χ1v) is 4.07. The van der Waals surface area contributed by atoms with E-state index < -0.39 is 0 Å². The minimum atomic E-state index is -0.229. The van der Waals surface area contributed by atoms with Crippen molar-refractivity contribution in [3.8, 4) is 0 Å². The van der Waals surface area contributed by atoms with Gasteiger partial charge in [0, 0.05) is 6.07 Å². The summed E-state index contributed by atoms with van der Waals surface area (Å²) in [6, 6.07) is 1.51. The van der Waals surface area contributed by atoms with Crippen LogP contribution in [0.2, 0.25) is 5.15 Å². The third-order valence-electron chi connectivity index (χ3n) is 1.79. The number of nitrogens with one attached hydrogen (secondary N) is 1. The molecular weight excluding hydrogens is 194 g/mol. The normalized spacial score (nSPS) is 17.2. The van der Waals surface area contributed by atoms with Gasteiger partial charge in [0.15, 0.2) is 11.6 Å². The molecule has 6 heteroatoms. The molecule has 0 aromatic carbocycles. The fraction of sp³-hybridized carbons (Fsp3) is 0.286. The predicted octanol–water partition coefficient (Wildman–Crippen LogP) is 0.369. The molecule has 0 radical (unpaired) electrons. The van der Waals surface area contributed by atoms with Gasteiger partial charge in [0.1, 0.15) is 5.15 Å². The number of carbonyl (C=O) groups excluding carboxylic acids is 2. The first kappa shape index (κ1) is 8.25. The van der Waals surface area contributed by atoms with Crippen LogP contribution in [-0.2, 0) is 9.59 Å². The van der Waals surface area contributed by atoms with E-state index in [2.05, 4.69) is 10.2 Å². The van der Waals surface area contributed by atoms with E-state index in [-0.39, 0.29) is 24.7 Å². The van der Waals surface area contributed by atoms with Crippen LogP contribution in [0.4, 0.5) is 5.82 Å². The number of halogens is 1. The number of carbonyl (C=O) groups is 2. The summed E-state index contributed by atoms with van der Waals surface area (Å²) < 4.78 is 0. The number of H-pyrrole nitrogens is 1. The molecule has 1 aromatic heterocycles. The van der Waals surface area contributed by atoms with E-state index in [0.717, 1.165) is 0 Å². The van der Waals surface area contributed by atoms with Crippen molar-refractivity contribution in [3.05, 3.63) is 11.2 Å². The molecule has 0 unspecified atom stereocenters. The molecule has 1 saturated heterocycles. The van der Waals surface area contributed by atoms with Crippen molar-refractivity contribution in [3.63, 3.8) is 0 Å². The number of Topliss-reactive ketones (excluding diaryl/α,β-unsaturated/α-hetero) is 1. The fourth-order valence-corrected chi connectivity index (χ4v) is 1.36. The highest BCUT2D eigenvalue weighted by atomic mass is 35.5. The quantitative estimate of drug-likeness (QED) is 0.665. The lowest BCUT2D eigenvalue weighted by Crippen LogP contribution is -2.24. The van der Waals surface area contributed by atoms with Gasteiger partial charge in [-0.3, -0.25) is 19.6 Å². The number of hydrogen-bond acceptors (Lipinski definition) is 3. The maximum atomic E-state index is 11.2. The van der Waals surface area contributed by atoms with Gasteiger partial charge < -0.3 is 0 Å². The molecule has 0 saturated carbocycles. The summed E-state index contributed by atoms with van der Waals surface area (Å²) in [6.07, 6.45) is -0.0372. The molecule has 1 N–H and O–H groups in total. The summed E-state index contributed by atoms with van der Waals surface area (Å²) in [5.74, 6) is 0.0816. The summed E-state index contributed by atoms with van der Waals surface area (Å²) >= 11 is 5.58. The van der Waals surface area contributed by atoms with Gasteiger partial charge in [-0.15, -0.1) is 0 Å². The summed E-state index contributed by atoms with van der Waals surface area (Å²) in [6.45, 7) is 0.0972. The zero-order valence-corrected chi connectivity index (χ0v) is 7.34. The number of anilines is 1. The topological polar surface area (TPSA) is 66.1 Å². The Balaban J connectivity index is 2.27. The van der Waals surface area contributed by atoms with Gasteiger partial charge in [-0.25, -0.2) is 0 Å². The van der Waals surface area contributed by atoms with Gasteiger partial charge in [-0.05, 0) is 0 Å². The van der Waals surface area contributed by atoms with Crippen LogP contribution in [0.3, 0.4) is 0 Å². The summed E-state index contributed by atoms with van der Waals surface area (Å²) in [5.41, 5.74) is 0. The number of rotatable bonds is 1. The molecule has 1 aromatic rings. The molecule has 0 aliphatic carbocycles. The van der Waals surface area contributed by atoms with Crippen molar-refractivity contribution in [2.75, 3.05) is 11.4 Å². The van der Waals surface area contributed by atoms with Gasteiger partial charge in [-0.1, -0.05) is 11.6 Å². The Hall–Kier alpha value is -1.36. The molecule has 1 amide bonds. The first-order chi connectivity index (χ1) is 6.16. The van der Waals surface area contributed by atoms with Crippen molar-refractivity contribution in [1.29, 1.82) is 0 Å². The highest BCUT2D eigenvalue weighted by molar-refractivity contribution is 6.29. The average molecular weight is 200 g/mol. The van der Waals surface area contributed by atoms with Crippen LogP contribution >= 0.6 is 11.6 Å². The van der Waals surface area contributed by atoms with E-state index >= 15 is 0 Å². The Bertz CT molecular complexity index is 374. The molecule has 13 heavy (non-hydrogen) atoms. The van der Waals surface area contributed by atoms with E-state index in [1.807, 2.05) is 0 Å². The molecule has 0 atom stereocenters. The second kappa shape index (κ2) is 2.85. The van der Waals surface area contributed by atoms with Gasteiger partial charge >= 0.3 is 0 Å². The molecular formula is C7H6ClN3O2. The Morgan fingerprint density at radius 3 is 2.77 bits per heavy atom. The molecule has 0 bridgehead atoms. The highest BCUT2D eigenvalue weighted by Gasteiger charge is 2.29. The molecule has 68 valence electrons. The van der Waals surface area contributed by atoms with Crippen LogP contribution in [0.25, 0.3) is 0 Å². The van der Waals surface area contributed by atoms with Crippen LogP contribution in [-0.4, -0.2) is 28.4 Å². The number of nitrogens with zero attached hydrogens (tertiary/aromatic N) is 2. The Kier molecular flexibility index (Phi) is 1.81. The molecule has 2 rings (SSSR count). The van der Waals surface area contributed by atoms with E-state index in [9.17, 15) is 9.59 Å². The van der Waals surface area contributed by atoms with Crippen LogP contribution < -0.4 is 4.90 Å². The van der Waals surface area contributed by atoms with Crippen molar-refractivity contribution < 1.29 is 9.59 Å². The second-order valence-electron chi connectivity index (χ2n) is 2.77. The molecule has 0 spiro atoms. The van der Waals surface area contributed by atoms with Crippen molar-refractivity contribution >= 4 is 29.1 Å². The van der Waals surface area contributed by atoms with Gasteiger partial charge in [0.25, 0.3) is 0 Å². The molecule has 1 fully saturated rings. The van der Waals surface area contributed by atoms with Crippen LogP contribution in [0, 0.1) is 0 Å². The van der Waals surface area contributed by atoms with Gasteiger partial charge in [0.2, 0.25) is 5.91 Å². The Morgan fingerprint density at radius 1 is 1.54 bits per heavy atom. The molecule has 1 aliphatic rings. The third-order valence-corrected chi connectivity index (χ3v) is 1.99. The smallest absolute Gasteiger partial charge is 0.236 e. The van der Waals surface area contributed by atoms with Crippen LogP contribution in [0.5, 0.6) is 0 Å². The van der Waals surface area contributed by atoms with Gasteiger partial charge in [0.05, 0.1) is 13.0 Å². The summed E-state index contributed by atoms with van der Waals surface area (Å²) in [5, 5.41) is 6.62. The average Bonchev–Trinajstić information content (AvgIpc) is 2.58. The zero-order chi connectivity index (χ0) is 9.42. The van der Waals surface area contributed by atoms with E-state index in [4.69, 9.17) is 11.6 Å². The maximum absolute atomic E-state index is 11.2. The van der Waals surface area contributed by atoms with E-state index in [1.54, 1.807) is 0 Å². The van der Waals surface area contributed by atoms with E-state index in [0.29, 0.717) is 11.0 Å². The predicted molar refractivity (Wildman–Crippen MR) is 45.6 cm³/mol. The zero-order valence-electron chi connectivity index (χ0n) is 6.58. The first-order valence-electron chi connectivity index (χ1n) is 3.70. The maximum Gasteiger partial charge on any atom is 0.236 e. The number of amides is 1. The highest BCUT2D eigenvalue weighted by Crippen LogP contribution is 2.19. The Morgan fingerprint density at radius 2 is 2.31 bits per heavy atom. The number of hydrogen-bond donors (Lipinski definition) is 1. The monoisotopic (exact) mass is 199 g/mol. The summed E-state index contributed by atoms with van der Waals surface area (Å²) in [7, 11) is 0. The number of aromatic nitrogens is 2. The van der Waals surface area contributed by atoms with Gasteiger partial charge in [-0.2, -0.15) is 5.10 Å². The lowest BCUT2D eigenvalue weighted by atomic mass is 10.3. The van der Waals surface area contributed by atoms with Crippen LogP contribution in [0.15, 0.2) is 6.07 Å². The van der Waals surface area contributed by atoms with Crippen molar-refractivity contribution in [2.45, 2.75) is 6.42 Å². The largest absolute Gasteiger partial charge is 0.297 e. The molecule has 5 nitrogen and oxygen atoms in total. The minimum absolute atomic E-state index is 0.0372. The number of ketones is 1. The lowest BCUT2D eigenvalue weighted by Gasteiger charge is -2.08. The third kappa shape index (κ3) is 1.42. The minimum Gasteiger partial charge on any atom is -0.297 e. The standard InChI is InChI=1S/C7H6ClN3O2/c8-5-2-6(10-9-5)11-3-4(12)1-7(11)13/h2H,1,3H2,(H,9,10). The van der Waals surface area contributed by atoms with Crippen molar-refractivity contribution in [2.24, 2.45) is 0 Å². The van der Waals surface area contributed by atoms with E-state index in [1.165, 1.54) is 11.0 Å². The van der Waals surface area contributed by atoms with Crippen LogP contribution in [0.1, 0.15) is 6.42 Å². The second-order valence-corrected chi connectivity index (χ2v) is 3.18. The lowest BCUT2D eigenvalue weighted by molar-refractivity contribution is -0.121. The molecule has 2 heterocycles. The van der Waals surface area contributed by atoms with Crippen molar-refractivity contribution in [1.82, 2.24) is 10.2 Å².